The maximum absolute atomic E-state index is 12.3. The third-order valence-corrected chi connectivity index (χ3v) is 4.18. The number of nitrogens with zero attached hydrogens (tertiary/aromatic N) is 1. The fraction of sp³-hybridized carbons (Fsp3) is 0.0952. The molecule has 4 N–H and O–H groups in total. The van der Waals surface area contributed by atoms with E-state index in [2.05, 4.69) is 15.6 Å². The van der Waals surface area contributed by atoms with E-state index >= 15 is 0 Å². The van der Waals surface area contributed by atoms with Gasteiger partial charge in [-0.05, 0) is 61.4 Å². The summed E-state index contributed by atoms with van der Waals surface area (Å²) in [5.41, 5.74) is 8.73. The minimum atomic E-state index is -0.661. The third kappa shape index (κ3) is 4.64. The van der Waals surface area contributed by atoms with Crippen LogP contribution in [0.5, 0.6) is 11.6 Å². The largest absolute Gasteiger partial charge is 0.439 e. The molecule has 0 saturated heterocycles. The van der Waals surface area contributed by atoms with Gasteiger partial charge in [0.1, 0.15) is 5.75 Å². The van der Waals surface area contributed by atoms with E-state index in [0.717, 1.165) is 16.9 Å². The molecule has 142 valence electrons. The summed E-state index contributed by atoms with van der Waals surface area (Å²) in [6.07, 6.45) is 1.53. The molecule has 3 rings (SSSR count). The van der Waals surface area contributed by atoms with Gasteiger partial charge in [-0.3, -0.25) is 4.79 Å². The van der Waals surface area contributed by atoms with Crippen LogP contribution in [0.25, 0.3) is 0 Å². The second kappa shape index (κ2) is 8.22. The average Bonchev–Trinajstić information content (AvgIpc) is 2.67. The molecule has 0 spiro atoms. The van der Waals surface area contributed by atoms with Crippen molar-refractivity contribution in [3.63, 3.8) is 0 Å². The van der Waals surface area contributed by atoms with Crippen molar-refractivity contribution in [3.05, 3.63) is 77.5 Å². The van der Waals surface area contributed by atoms with Crippen LogP contribution in [-0.4, -0.2) is 16.9 Å². The Morgan fingerprint density at radius 2 is 1.64 bits per heavy atom. The SMILES string of the molecule is Cc1cccc(Oc2ccc(NC(=O)c3ccc(NC(N)=O)cc3)cn2)c1C. The van der Waals surface area contributed by atoms with Crippen LogP contribution in [-0.2, 0) is 0 Å². The second-order valence-electron chi connectivity index (χ2n) is 6.21. The highest BCUT2D eigenvalue weighted by Crippen LogP contribution is 2.26. The Hall–Kier alpha value is -3.87. The number of benzene rings is 2. The summed E-state index contributed by atoms with van der Waals surface area (Å²) in [7, 11) is 0. The molecule has 2 aromatic carbocycles. The van der Waals surface area contributed by atoms with Crippen LogP contribution in [0, 0.1) is 13.8 Å². The number of aromatic nitrogens is 1. The lowest BCUT2D eigenvalue weighted by molar-refractivity contribution is 0.102. The molecule has 3 aromatic rings. The van der Waals surface area contributed by atoms with Gasteiger partial charge in [0.15, 0.2) is 0 Å². The van der Waals surface area contributed by atoms with E-state index in [9.17, 15) is 9.59 Å². The maximum atomic E-state index is 12.3. The molecule has 0 atom stereocenters. The number of hydrogen-bond donors (Lipinski definition) is 3. The van der Waals surface area contributed by atoms with Crippen molar-refractivity contribution >= 4 is 23.3 Å². The smallest absolute Gasteiger partial charge is 0.316 e. The average molecular weight is 376 g/mol. The van der Waals surface area contributed by atoms with Gasteiger partial charge in [0.25, 0.3) is 5.91 Å². The van der Waals surface area contributed by atoms with Crippen LogP contribution in [0.2, 0.25) is 0 Å². The van der Waals surface area contributed by atoms with Gasteiger partial charge in [-0.25, -0.2) is 9.78 Å². The van der Waals surface area contributed by atoms with Crippen molar-refractivity contribution in [1.82, 2.24) is 4.98 Å². The number of carbonyl (C=O) groups excluding carboxylic acids is 2. The van der Waals surface area contributed by atoms with Crippen LogP contribution in [0.1, 0.15) is 21.5 Å². The van der Waals surface area contributed by atoms with Gasteiger partial charge in [0, 0.05) is 17.3 Å². The molecule has 1 heterocycles. The highest BCUT2D eigenvalue weighted by molar-refractivity contribution is 6.04. The van der Waals surface area contributed by atoms with Gasteiger partial charge in [0.2, 0.25) is 5.88 Å². The zero-order chi connectivity index (χ0) is 20.1. The number of rotatable bonds is 5. The molecule has 7 nitrogen and oxygen atoms in total. The molecule has 0 radical (unpaired) electrons. The molecular weight excluding hydrogens is 356 g/mol. The summed E-state index contributed by atoms with van der Waals surface area (Å²) in [6, 6.07) is 14.9. The lowest BCUT2D eigenvalue weighted by atomic mass is 10.1. The molecule has 0 fully saturated rings. The molecule has 28 heavy (non-hydrogen) atoms. The lowest BCUT2D eigenvalue weighted by Gasteiger charge is -2.10. The van der Waals surface area contributed by atoms with Gasteiger partial charge >= 0.3 is 6.03 Å². The van der Waals surface area contributed by atoms with Crippen molar-refractivity contribution in [3.8, 4) is 11.6 Å². The Labute approximate surface area is 162 Å². The van der Waals surface area contributed by atoms with Gasteiger partial charge in [-0.2, -0.15) is 0 Å². The number of nitrogens with one attached hydrogen (secondary N) is 2. The molecule has 0 aliphatic carbocycles. The van der Waals surface area contributed by atoms with Gasteiger partial charge < -0.3 is 21.1 Å². The highest BCUT2D eigenvalue weighted by atomic mass is 16.5. The molecular formula is C21H20N4O3. The molecule has 7 heteroatoms. The highest BCUT2D eigenvalue weighted by Gasteiger charge is 2.08. The maximum Gasteiger partial charge on any atom is 0.316 e. The van der Waals surface area contributed by atoms with Crippen LogP contribution in [0.15, 0.2) is 60.8 Å². The van der Waals surface area contributed by atoms with Gasteiger partial charge in [0.05, 0.1) is 11.9 Å². The van der Waals surface area contributed by atoms with Crippen molar-refractivity contribution in [2.45, 2.75) is 13.8 Å². The lowest BCUT2D eigenvalue weighted by Crippen LogP contribution is -2.19. The molecule has 0 unspecified atom stereocenters. The van der Waals surface area contributed by atoms with E-state index in [1.807, 2.05) is 32.0 Å². The Kier molecular flexibility index (Phi) is 5.55. The first-order chi connectivity index (χ1) is 13.4. The monoisotopic (exact) mass is 376 g/mol. The molecule has 0 aliphatic rings. The summed E-state index contributed by atoms with van der Waals surface area (Å²) >= 11 is 0. The standard InChI is InChI=1S/C21H20N4O3/c1-13-4-3-5-18(14(13)2)28-19-11-10-17(12-23-19)24-20(26)15-6-8-16(9-7-15)25-21(22)27/h3-12H,1-2H3,(H,24,26)(H3,22,25,27). The number of anilines is 2. The normalized spacial score (nSPS) is 10.2. The summed E-state index contributed by atoms with van der Waals surface area (Å²) in [5.74, 6) is 0.887. The van der Waals surface area contributed by atoms with Crippen LogP contribution in [0.3, 0.4) is 0 Å². The van der Waals surface area contributed by atoms with Crippen molar-refractivity contribution in [2.75, 3.05) is 10.6 Å². The second-order valence-corrected chi connectivity index (χ2v) is 6.21. The quantitative estimate of drug-likeness (QED) is 0.619. The number of urea groups is 1. The molecule has 0 bridgehead atoms. The summed E-state index contributed by atoms with van der Waals surface area (Å²) in [5, 5.41) is 5.20. The number of aryl methyl sites for hydroxylation is 1. The number of ether oxygens (including phenoxy) is 1. The summed E-state index contributed by atoms with van der Waals surface area (Å²) in [4.78, 5) is 27.4. The Balaban J connectivity index is 1.64. The Morgan fingerprint density at radius 1 is 0.929 bits per heavy atom. The van der Waals surface area contributed by atoms with E-state index in [-0.39, 0.29) is 5.91 Å². The Bertz CT molecular complexity index is 999. The molecule has 0 aliphatic heterocycles. The minimum Gasteiger partial charge on any atom is -0.439 e. The first-order valence-corrected chi connectivity index (χ1v) is 8.60. The first kappa shape index (κ1) is 18.9. The molecule has 3 amide bonds. The van der Waals surface area contributed by atoms with Crippen LogP contribution < -0.4 is 21.1 Å². The number of nitrogens with two attached hydrogens (primary N) is 1. The predicted molar refractivity (Wildman–Crippen MR) is 108 cm³/mol. The zero-order valence-electron chi connectivity index (χ0n) is 15.5. The predicted octanol–water partition coefficient (Wildman–Crippen LogP) is 4.23. The van der Waals surface area contributed by atoms with Crippen molar-refractivity contribution in [1.29, 1.82) is 0 Å². The van der Waals surface area contributed by atoms with Crippen LogP contribution in [0.4, 0.5) is 16.2 Å². The topological polar surface area (TPSA) is 106 Å². The third-order valence-electron chi connectivity index (χ3n) is 4.18. The summed E-state index contributed by atoms with van der Waals surface area (Å²) in [6.45, 7) is 4.01. The van der Waals surface area contributed by atoms with E-state index in [0.29, 0.717) is 22.8 Å². The number of carbonyl (C=O) groups is 2. The van der Waals surface area contributed by atoms with E-state index < -0.39 is 6.03 Å². The van der Waals surface area contributed by atoms with E-state index in [1.54, 1.807) is 36.4 Å². The number of pyridine rings is 1. The summed E-state index contributed by atoms with van der Waals surface area (Å²) < 4.78 is 5.81. The van der Waals surface area contributed by atoms with Gasteiger partial charge in [-0.1, -0.05) is 12.1 Å². The molecule has 0 saturated carbocycles. The van der Waals surface area contributed by atoms with Crippen LogP contribution >= 0.6 is 0 Å². The minimum absolute atomic E-state index is 0.296. The fourth-order valence-electron chi connectivity index (χ4n) is 2.51. The number of hydrogen-bond acceptors (Lipinski definition) is 4. The van der Waals surface area contributed by atoms with E-state index in [1.165, 1.54) is 6.20 Å². The van der Waals surface area contributed by atoms with Crippen molar-refractivity contribution < 1.29 is 14.3 Å². The van der Waals surface area contributed by atoms with Crippen molar-refractivity contribution in [2.24, 2.45) is 5.73 Å². The van der Waals surface area contributed by atoms with E-state index in [4.69, 9.17) is 10.5 Å². The number of primary amides is 1. The van der Waals surface area contributed by atoms with Gasteiger partial charge in [-0.15, -0.1) is 0 Å². The Morgan fingerprint density at radius 3 is 2.29 bits per heavy atom. The number of amides is 3. The fourth-order valence-corrected chi connectivity index (χ4v) is 2.51. The first-order valence-electron chi connectivity index (χ1n) is 8.60. The molecule has 1 aromatic heterocycles. The zero-order valence-corrected chi connectivity index (χ0v) is 15.5.